The first-order valence-electron chi connectivity index (χ1n) is 11.7. The molecule has 30 heavy (non-hydrogen) atoms. The third-order valence-electron chi connectivity index (χ3n) is 6.60. The van der Waals surface area contributed by atoms with E-state index in [-0.39, 0.29) is 17.2 Å². The summed E-state index contributed by atoms with van der Waals surface area (Å²) < 4.78 is 0. The molecule has 0 saturated heterocycles. The third-order valence-corrected chi connectivity index (χ3v) is 7.10. The lowest BCUT2D eigenvalue weighted by Crippen LogP contribution is -2.21. The minimum Gasteiger partial charge on any atom is -0.392 e. The largest absolute Gasteiger partial charge is 0.392 e. The van der Waals surface area contributed by atoms with Gasteiger partial charge in [-0.05, 0) is 53.9 Å². The molecule has 2 unspecified atom stereocenters. The summed E-state index contributed by atoms with van der Waals surface area (Å²) in [6.07, 6.45) is 7.10. The molecule has 2 aromatic rings. The minimum absolute atomic E-state index is 0.0286. The molecule has 1 fully saturated rings. The summed E-state index contributed by atoms with van der Waals surface area (Å²) in [5, 5.41) is 21.2. The number of aliphatic hydroxyl groups excluding tert-OH is 2. The van der Waals surface area contributed by atoms with Crippen LogP contribution in [0.5, 0.6) is 0 Å². The molecule has 3 rings (SSSR count). The number of rotatable bonds is 10. The summed E-state index contributed by atoms with van der Waals surface area (Å²) in [4.78, 5) is 0. The van der Waals surface area contributed by atoms with Gasteiger partial charge in [-0.15, -0.1) is 11.6 Å². The van der Waals surface area contributed by atoms with Crippen LogP contribution in [0.15, 0.2) is 48.5 Å². The summed E-state index contributed by atoms with van der Waals surface area (Å²) in [5.74, 6) is 0.243. The van der Waals surface area contributed by atoms with Crippen LogP contribution in [0.2, 0.25) is 0 Å². The quantitative estimate of drug-likeness (QED) is 0.332. The van der Waals surface area contributed by atoms with Gasteiger partial charge in [0.05, 0.1) is 12.2 Å². The minimum atomic E-state index is -0.420. The molecule has 5 atom stereocenters. The lowest BCUT2D eigenvalue weighted by atomic mass is 9.83. The number of benzene rings is 2. The van der Waals surface area contributed by atoms with Crippen LogP contribution in [0.1, 0.15) is 86.6 Å². The zero-order chi connectivity index (χ0) is 21.5. The van der Waals surface area contributed by atoms with E-state index in [1.807, 2.05) is 12.1 Å². The SMILES string of the molecule is CCCCCC(O)c1ccc([C@@H]2C(Cc3cccc(CCC)c3)[C@H](Cl)C[C@H]2O)cc1. The van der Waals surface area contributed by atoms with Crippen molar-refractivity contribution in [2.75, 3.05) is 0 Å². The summed E-state index contributed by atoms with van der Waals surface area (Å²) in [7, 11) is 0. The molecule has 2 aromatic carbocycles. The summed E-state index contributed by atoms with van der Waals surface area (Å²) in [6, 6.07) is 17.0. The van der Waals surface area contributed by atoms with Crippen LogP contribution in [-0.4, -0.2) is 21.7 Å². The van der Waals surface area contributed by atoms with Crippen molar-refractivity contribution in [3.8, 4) is 0 Å². The number of alkyl halides is 1. The molecule has 2 nitrogen and oxygen atoms in total. The monoisotopic (exact) mass is 428 g/mol. The maximum atomic E-state index is 10.8. The van der Waals surface area contributed by atoms with Crippen molar-refractivity contribution < 1.29 is 10.2 Å². The topological polar surface area (TPSA) is 40.5 Å². The number of hydrogen-bond acceptors (Lipinski definition) is 2. The first-order chi connectivity index (χ1) is 14.5. The van der Waals surface area contributed by atoms with Crippen LogP contribution in [0.25, 0.3) is 0 Å². The molecule has 164 valence electrons. The molecule has 0 radical (unpaired) electrons. The van der Waals surface area contributed by atoms with Crippen LogP contribution in [0.4, 0.5) is 0 Å². The van der Waals surface area contributed by atoms with E-state index in [0.29, 0.717) is 6.42 Å². The summed E-state index contributed by atoms with van der Waals surface area (Å²) in [6.45, 7) is 4.38. The van der Waals surface area contributed by atoms with Gasteiger partial charge in [-0.1, -0.05) is 88.1 Å². The highest BCUT2D eigenvalue weighted by Gasteiger charge is 2.42. The molecule has 0 aliphatic heterocycles. The van der Waals surface area contributed by atoms with Crippen LogP contribution in [0.3, 0.4) is 0 Å². The zero-order valence-corrected chi connectivity index (χ0v) is 19.2. The van der Waals surface area contributed by atoms with Crippen molar-refractivity contribution >= 4 is 11.6 Å². The van der Waals surface area contributed by atoms with Gasteiger partial charge in [0.2, 0.25) is 0 Å². The standard InChI is InChI=1S/C27H37ClO2/c1-3-5-6-11-25(29)21-12-14-22(15-13-21)27-23(24(28)18-26(27)30)17-20-10-7-9-19(16-20)8-4-2/h7,9-10,12-16,23-27,29-30H,3-6,8,11,17-18H2,1-2H3/t23?,24-,25?,26-,27-/m1/s1. The van der Waals surface area contributed by atoms with Gasteiger partial charge in [-0.3, -0.25) is 0 Å². The van der Waals surface area contributed by atoms with Gasteiger partial charge >= 0.3 is 0 Å². The average molecular weight is 429 g/mol. The zero-order valence-electron chi connectivity index (χ0n) is 18.4. The first kappa shape index (κ1) is 23.3. The second-order valence-electron chi connectivity index (χ2n) is 8.96. The fourth-order valence-corrected chi connectivity index (χ4v) is 5.38. The fraction of sp³-hybridized carbons (Fsp3) is 0.556. The Balaban J connectivity index is 1.73. The molecule has 0 aromatic heterocycles. The van der Waals surface area contributed by atoms with Crippen molar-refractivity contribution in [3.63, 3.8) is 0 Å². The predicted octanol–water partition coefficient (Wildman–Crippen LogP) is 6.57. The molecule has 1 aliphatic carbocycles. The van der Waals surface area contributed by atoms with Crippen molar-refractivity contribution in [2.24, 2.45) is 5.92 Å². The molecular weight excluding hydrogens is 392 g/mol. The second-order valence-corrected chi connectivity index (χ2v) is 9.52. The Morgan fingerprint density at radius 3 is 2.43 bits per heavy atom. The van der Waals surface area contributed by atoms with Crippen molar-refractivity contribution in [1.29, 1.82) is 0 Å². The van der Waals surface area contributed by atoms with E-state index < -0.39 is 12.2 Å². The molecule has 0 heterocycles. The van der Waals surface area contributed by atoms with Crippen molar-refractivity contribution in [1.82, 2.24) is 0 Å². The van der Waals surface area contributed by atoms with E-state index >= 15 is 0 Å². The smallest absolute Gasteiger partial charge is 0.0790 e. The van der Waals surface area contributed by atoms with Gasteiger partial charge in [-0.25, -0.2) is 0 Å². The molecule has 1 aliphatic rings. The van der Waals surface area contributed by atoms with E-state index in [1.54, 1.807) is 0 Å². The van der Waals surface area contributed by atoms with Crippen LogP contribution in [0, 0.1) is 5.92 Å². The van der Waals surface area contributed by atoms with Gasteiger partial charge < -0.3 is 10.2 Å². The highest BCUT2D eigenvalue weighted by atomic mass is 35.5. The lowest BCUT2D eigenvalue weighted by molar-refractivity contribution is 0.154. The Morgan fingerprint density at radius 2 is 1.73 bits per heavy atom. The van der Waals surface area contributed by atoms with Gasteiger partial charge in [0.15, 0.2) is 0 Å². The van der Waals surface area contributed by atoms with Crippen LogP contribution < -0.4 is 0 Å². The first-order valence-corrected chi connectivity index (χ1v) is 12.1. The molecule has 3 heteroatoms. The molecular formula is C27H37ClO2. The molecule has 1 saturated carbocycles. The number of aliphatic hydroxyl groups is 2. The molecule has 0 bridgehead atoms. The van der Waals surface area contributed by atoms with Crippen molar-refractivity contribution in [3.05, 3.63) is 70.8 Å². The second kappa shape index (κ2) is 11.3. The number of aryl methyl sites for hydroxylation is 1. The maximum absolute atomic E-state index is 10.8. The molecule has 0 amide bonds. The van der Waals surface area contributed by atoms with E-state index in [0.717, 1.165) is 56.1 Å². The average Bonchev–Trinajstić information content (AvgIpc) is 3.01. The Labute approximate surface area is 187 Å². The lowest BCUT2D eigenvalue weighted by Gasteiger charge is -2.25. The Kier molecular flexibility index (Phi) is 8.80. The number of unbranched alkanes of at least 4 members (excludes halogenated alkanes) is 2. The van der Waals surface area contributed by atoms with Crippen LogP contribution in [-0.2, 0) is 12.8 Å². The van der Waals surface area contributed by atoms with Gasteiger partial charge in [-0.2, -0.15) is 0 Å². The normalized spacial score (nSPS) is 24.8. The van der Waals surface area contributed by atoms with Gasteiger partial charge in [0, 0.05) is 11.3 Å². The number of halogens is 1. The maximum Gasteiger partial charge on any atom is 0.0790 e. The predicted molar refractivity (Wildman–Crippen MR) is 126 cm³/mol. The number of hydrogen-bond donors (Lipinski definition) is 2. The Morgan fingerprint density at radius 1 is 1.00 bits per heavy atom. The van der Waals surface area contributed by atoms with E-state index in [9.17, 15) is 10.2 Å². The molecule has 2 N–H and O–H groups in total. The van der Waals surface area contributed by atoms with Gasteiger partial charge in [0.1, 0.15) is 0 Å². The third kappa shape index (κ3) is 5.87. The Bertz CT molecular complexity index is 773. The fourth-order valence-electron chi connectivity index (χ4n) is 4.95. The summed E-state index contributed by atoms with van der Waals surface area (Å²) in [5.41, 5.74) is 4.77. The van der Waals surface area contributed by atoms with Crippen LogP contribution >= 0.6 is 11.6 Å². The molecule has 0 spiro atoms. The summed E-state index contributed by atoms with van der Waals surface area (Å²) >= 11 is 6.72. The highest BCUT2D eigenvalue weighted by Crippen LogP contribution is 2.44. The Hall–Kier alpha value is -1.35. The highest BCUT2D eigenvalue weighted by molar-refractivity contribution is 6.21. The van der Waals surface area contributed by atoms with E-state index in [2.05, 4.69) is 50.2 Å². The van der Waals surface area contributed by atoms with Gasteiger partial charge in [0.25, 0.3) is 0 Å². The van der Waals surface area contributed by atoms with E-state index in [4.69, 9.17) is 11.6 Å². The van der Waals surface area contributed by atoms with Crippen molar-refractivity contribution in [2.45, 2.75) is 88.7 Å². The van der Waals surface area contributed by atoms with E-state index in [1.165, 1.54) is 11.1 Å².